The number of carbonyl (C=O) groups is 1. The van der Waals surface area contributed by atoms with Crippen LogP contribution in [-0.2, 0) is 0 Å². The lowest BCUT2D eigenvalue weighted by atomic mass is 10.1. The average Bonchev–Trinajstić information content (AvgIpc) is 2.84. The molecule has 18 heavy (non-hydrogen) atoms. The second kappa shape index (κ2) is 5.24. The molecule has 0 atom stereocenters. The number of phenolic OH excluding ortho intramolecular Hbond substituents is 1. The van der Waals surface area contributed by atoms with Gasteiger partial charge in [0, 0.05) is 10.0 Å². The molecule has 0 bridgehead atoms. The summed E-state index contributed by atoms with van der Waals surface area (Å²) >= 11 is 3.33. The molecule has 0 fully saturated rings. The van der Waals surface area contributed by atoms with Gasteiger partial charge in [0.05, 0.1) is 5.56 Å². The van der Waals surface area contributed by atoms with E-state index < -0.39 is 0 Å². The molecule has 0 saturated carbocycles. The van der Waals surface area contributed by atoms with Gasteiger partial charge in [0.15, 0.2) is 0 Å². The quantitative estimate of drug-likeness (QED) is 0.489. The third-order valence-corrected chi connectivity index (χ3v) is 3.48. The molecule has 1 aromatic rings. The summed E-state index contributed by atoms with van der Waals surface area (Å²) in [5, 5.41) is 9.74. The first-order valence-electron chi connectivity index (χ1n) is 5.49. The number of halogens is 1. The van der Waals surface area contributed by atoms with Gasteiger partial charge in [-0.3, -0.25) is 4.79 Å². The van der Waals surface area contributed by atoms with E-state index >= 15 is 0 Å². The van der Waals surface area contributed by atoms with Gasteiger partial charge in [0.2, 0.25) is 5.78 Å². The van der Waals surface area contributed by atoms with Crippen LogP contribution in [0.1, 0.15) is 22.3 Å². The summed E-state index contributed by atoms with van der Waals surface area (Å²) in [5.41, 5.74) is 2.01. The molecule has 1 aliphatic rings. The first-order valence-corrected chi connectivity index (χ1v) is 6.28. The van der Waals surface area contributed by atoms with Crippen LogP contribution in [0.3, 0.4) is 0 Å². The maximum Gasteiger partial charge on any atom is 0.239 e. The average molecular weight is 303 g/mol. The zero-order valence-corrected chi connectivity index (χ0v) is 11.4. The SMILES string of the molecule is Cc1cc(O)c(C(=O)C#CC2=CC=CC2)cc1Br. The highest BCUT2D eigenvalue weighted by molar-refractivity contribution is 9.10. The van der Waals surface area contributed by atoms with Gasteiger partial charge in [-0.25, -0.2) is 0 Å². The summed E-state index contributed by atoms with van der Waals surface area (Å²) < 4.78 is 0.784. The number of aromatic hydroxyl groups is 1. The monoisotopic (exact) mass is 302 g/mol. The predicted molar refractivity (Wildman–Crippen MR) is 74.5 cm³/mol. The number of ketones is 1. The molecule has 0 saturated heterocycles. The Hall–Kier alpha value is -1.79. The lowest BCUT2D eigenvalue weighted by Crippen LogP contribution is -1.97. The number of phenols is 1. The number of hydrogen-bond donors (Lipinski definition) is 1. The van der Waals surface area contributed by atoms with Crippen LogP contribution in [0.15, 0.2) is 40.4 Å². The van der Waals surface area contributed by atoms with E-state index in [-0.39, 0.29) is 17.1 Å². The van der Waals surface area contributed by atoms with E-state index in [1.54, 1.807) is 12.1 Å². The number of hydrogen-bond acceptors (Lipinski definition) is 2. The fraction of sp³-hybridized carbons (Fsp3) is 0.133. The molecule has 90 valence electrons. The van der Waals surface area contributed by atoms with Crippen LogP contribution in [0.2, 0.25) is 0 Å². The van der Waals surface area contributed by atoms with Crippen molar-refractivity contribution in [1.29, 1.82) is 0 Å². The van der Waals surface area contributed by atoms with Gasteiger partial charge < -0.3 is 5.11 Å². The predicted octanol–water partition coefficient (Wildman–Crippen LogP) is 3.54. The van der Waals surface area contributed by atoms with Gasteiger partial charge in [0.1, 0.15) is 5.75 Å². The van der Waals surface area contributed by atoms with Gasteiger partial charge in [-0.15, -0.1) is 0 Å². The van der Waals surface area contributed by atoms with Gasteiger partial charge in [-0.05, 0) is 37.0 Å². The molecule has 1 aliphatic carbocycles. The van der Waals surface area contributed by atoms with Gasteiger partial charge in [-0.2, -0.15) is 0 Å². The van der Waals surface area contributed by atoms with E-state index in [2.05, 4.69) is 27.8 Å². The molecule has 2 nitrogen and oxygen atoms in total. The Morgan fingerprint density at radius 1 is 1.44 bits per heavy atom. The lowest BCUT2D eigenvalue weighted by Gasteiger charge is -2.03. The smallest absolute Gasteiger partial charge is 0.239 e. The van der Waals surface area contributed by atoms with Gasteiger partial charge >= 0.3 is 0 Å². The van der Waals surface area contributed by atoms with Crippen LogP contribution < -0.4 is 0 Å². The first-order chi connectivity index (χ1) is 8.58. The second-order valence-corrected chi connectivity index (χ2v) is 4.88. The molecule has 1 aromatic carbocycles. The van der Waals surface area contributed by atoms with Crippen LogP contribution in [-0.4, -0.2) is 10.9 Å². The summed E-state index contributed by atoms with van der Waals surface area (Å²) in [7, 11) is 0. The molecule has 0 heterocycles. The van der Waals surface area contributed by atoms with Crippen molar-refractivity contribution in [2.24, 2.45) is 0 Å². The van der Waals surface area contributed by atoms with E-state index in [0.717, 1.165) is 22.0 Å². The number of Topliss-reactive ketones (excluding diaryl/α,β-unsaturated/α-hetero) is 1. The summed E-state index contributed by atoms with van der Waals surface area (Å²) in [6, 6.07) is 3.15. The van der Waals surface area contributed by atoms with Crippen molar-refractivity contribution in [1.82, 2.24) is 0 Å². The Morgan fingerprint density at radius 3 is 2.89 bits per heavy atom. The summed E-state index contributed by atoms with van der Waals surface area (Å²) in [5.74, 6) is 4.96. The minimum Gasteiger partial charge on any atom is -0.507 e. The van der Waals surface area contributed by atoms with Crippen LogP contribution in [0.25, 0.3) is 0 Å². The molecule has 0 aromatic heterocycles. The van der Waals surface area contributed by atoms with Crippen molar-refractivity contribution in [3.8, 4) is 17.6 Å². The Kier molecular flexibility index (Phi) is 3.69. The standard InChI is InChI=1S/C15H11BrO2/c1-10-8-15(18)12(9-13(10)16)14(17)7-6-11-4-2-3-5-11/h2-4,8-9,18H,5H2,1H3. The van der Waals surface area contributed by atoms with Crippen molar-refractivity contribution in [2.45, 2.75) is 13.3 Å². The molecule has 0 unspecified atom stereocenters. The summed E-state index contributed by atoms with van der Waals surface area (Å²) in [6.07, 6.45) is 6.54. The van der Waals surface area contributed by atoms with Crippen molar-refractivity contribution >= 4 is 21.7 Å². The fourth-order valence-electron chi connectivity index (χ4n) is 1.59. The van der Waals surface area contributed by atoms with E-state index in [4.69, 9.17) is 0 Å². The molecular formula is C15H11BrO2. The van der Waals surface area contributed by atoms with Crippen molar-refractivity contribution < 1.29 is 9.90 Å². The molecule has 0 amide bonds. The Bertz CT molecular complexity index is 628. The number of carbonyl (C=O) groups excluding carboxylic acids is 1. The molecule has 0 aliphatic heterocycles. The fourth-order valence-corrected chi connectivity index (χ4v) is 1.94. The van der Waals surface area contributed by atoms with E-state index in [9.17, 15) is 9.90 Å². The zero-order chi connectivity index (χ0) is 13.1. The zero-order valence-electron chi connectivity index (χ0n) is 9.83. The van der Waals surface area contributed by atoms with Gasteiger partial charge in [-0.1, -0.05) is 40.1 Å². The molecule has 1 N–H and O–H groups in total. The molecule has 2 rings (SSSR count). The first kappa shape index (κ1) is 12.7. The largest absolute Gasteiger partial charge is 0.507 e. The summed E-state index contributed by atoms with van der Waals surface area (Å²) in [6.45, 7) is 1.85. The molecule has 0 radical (unpaired) electrons. The number of allylic oxidation sites excluding steroid dienone is 4. The maximum atomic E-state index is 11.9. The van der Waals surface area contributed by atoms with Crippen LogP contribution >= 0.6 is 15.9 Å². The molecule has 3 heteroatoms. The Morgan fingerprint density at radius 2 is 2.22 bits per heavy atom. The highest BCUT2D eigenvalue weighted by Gasteiger charge is 2.11. The molecular weight excluding hydrogens is 292 g/mol. The van der Waals surface area contributed by atoms with Gasteiger partial charge in [0.25, 0.3) is 0 Å². The normalized spacial score (nSPS) is 12.9. The van der Waals surface area contributed by atoms with E-state index in [1.165, 1.54) is 0 Å². The summed E-state index contributed by atoms with van der Waals surface area (Å²) in [4.78, 5) is 11.9. The van der Waals surface area contributed by atoms with Crippen molar-refractivity contribution in [3.05, 3.63) is 51.5 Å². The van der Waals surface area contributed by atoms with E-state index in [0.29, 0.717) is 0 Å². The lowest BCUT2D eigenvalue weighted by molar-refractivity contribution is 0.105. The minimum atomic E-state index is -0.374. The number of benzene rings is 1. The van der Waals surface area contributed by atoms with E-state index in [1.807, 2.05) is 25.2 Å². The number of rotatable bonds is 1. The third kappa shape index (κ3) is 2.72. The Labute approximate surface area is 114 Å². The van der Waals surface area contributed by atoms with Crippen molar-refractivity contribution in [3.63, 3.8) is 0 Å². The van der Waals surface area contributed by atoms with Crippen LogP contribution in [0.5, 0.6) is 5.75 Å². The maximum absolute atomic E-state index is 11.9. The van der Waals surface area contributed by atoms with Crippen LogP contribution in [0.4, 0.5) is 0 Å². The molecule has 0 spiro atoms. The Balaban J connectivity index is 2.26. The minimum absolute atomic E-state index is 0.0338. The highest BCUT2D eigenvalue weighted by Crippen LogP contribution is 2.26. The van der Waals surface area contributed by atoms with Crippen LogP contribution in [0, 0.1) is 18.8 Å². The number of aryl methyl sites for hydroxylation is 1. The second-order valence-electron chi connectivity index (χ2n) is 4.02. The topological polar surface area (TPSA) is 37.3 Å². The third-order valence-electron chi connectivity index (χ3n) is 2.63. The van der Waals surface area contributed by atoms with Crippen molar-refractivity contribution in [2.75, 3.05) is 0 Å². The highest BCUT2D eigenvalue weighted by atomic mass is 79.9.